The Labute approximate surface area is 91.9 Å². The molecule has 0 unspecified atom stereocenters. The zero-order chi connectivity index (χ0) is 11.5. The lowest BCUT2D eigenvalue weighted by atomic mass is 9.96. The molecule has 0 aromatic rings. The number of aliphatic carboxylic acids is 1. The molecule has 3 nitrogen and oxygen atoms in total. The van der Waals surface area contributed by atoms with Gasteiger partial charge >= 0.3 is 5.97 Å². The molecule has 0 atom stereocenters. The van der Waals surface area contributed by atoms with Crippen LogP contribution in [0.15, 0.2) is 25.3 Å². The molecule has 3 heteroatoms. The number of carboxylic acid groups (broad SMARTS) is 1. The summed E-state index contributed by atoms with van der Waals surface area (Å²) in [5.74, 6) is -0.199. The van der Waals surface area contributed by atoms with Gasteiger partial charge in [-0.3, -0.25) is 4.79 Å². The third-order valence-corrected chi connectivity index (χ3v) is 2.24. The van der Waals surface area contributed by atoms with E-state index in [4.69, 9.17) is 5.11 Å². The van der Waals surface area contributed by atoms with Crippen LogP contribution in [0.5, 0.6) is 0 Å². The van der Waals surface area contributed by atoms with Crippen LogP contribution in [0.1, 0.15) is 25.7 Å². The lowest BCUT2D eigenvalue weighted by Gasteiger charge is -2.12. The van der Waals surface area contributed by atoms with Gasteiger partial charge in [-0.2, -0.15) is 0 Å². The molecule has 0 radical (unpaired) electrons. The van der Waals surface area contributed by atoms with Gasteiger partial charge in [0.25, 0.3) is 0 Å². The molecule has 2 N–H and O–H groups in total. The highest BCUT2D eigenvalue weighted by Gasteiger charge is 2.04. The topological polar surface area (TPSA) is 49.3 Å². The van der Waals surface area contributed by atoms with E-state index in [9.17, 15) is 4.79 Å². The van der Waals surface area contributed by atoms with Crippen LogP contribution in [0.2, 0.25) is 0 Å². The summed E-state index contributed by atoms with van der Waals surface area (Å²) in [4.78, 5) is 10.2. The van der Waals surface area contributed by atoms with Gasteiger partial charge in [-0.15, -0.1) is 13.2 Å². The molecule has 0 heterocycles. The highest BCUT2D eigenvalue weighted by molar-refractivity contribution is 5.68. The molecule has 0 spiro atoms. The monoisotopic (exact) mass is 211 g/mol. The van der Waals surface area contributed by atoms with Crippen molar-refractivity contribution in [3.63, 3.8) is 0 Å². The zero-order valence-corrected chi connectivity index (χ0v) is 9.24. The zero-order valence-electron chi connectivity index (χ0n) is 9.24. The van der Waals surface area contributed by atoms with Crippen molar-refractivity contribution >= 4 is 5.97 Å². The summed E-state index contributed by atoms with van der Waals surface area (Å²) in [7, 11) is 0. The minimum absolute atomic E-state index is 0.0492. The van der Waals surface area contributed by atoms with E-state index in [1.165, 1.54) is 0 Å². The second-order valence-electron chi connectivity index (χ2n) is 3.63. The molecule has 0 aliphatic rings. The minimum atomic E-state index is -0.802. The maximum absolute atomic E-state index is 10.2. The van der Waals surface area contributed by atoms with E-state index >= 15 is 0 Å². The van der Waals surface area contributed by atoms with Gasteiger partial charge in [0.2, 0.25) is 0 Å². The van der Waals surface area contributed by atoms with Crippen LogP contribution in [-0.2, 0) is 4.79 Å². The molecule has 86 valence electrons. The second-order valence-corrected chi connectivity index (χ2v) is 3.63. The Morgan fingerprint density at radius 2 is 1.93 bits per heavy atom. The number of hydrogen-bond acceptors (Lipinski definition) is 2. The van der Waals surface area contributed by atoms with Gasteiger partial charge in [0.05, 0.1) is 6.54 Å². The van der Waals surface area contributed by atoms with Gasteiger partial charge in [0.1, 0.15) is 0 Å². The highest BCUT2D eigenvalue weighted by Crippen LogP contribution is 2.15. The van der Waals surface area contributed by atoms with Gasteiger partial charge in [0.15, 0.2) is 0 Å². The fourth-order valence-corrected chi connectivity index (χ4v) is 1.51. The molecule has 0 aliphatic carbocycles. The summed E-state index contributed by atoms with van der Waals surface area (Å²) >= 11 is 0. The lowest BCUT2D eigenvalue weighted by Crippen LogP contribution is -2.23. The first-order valence-corrected chi connectivity index (χ1v) is 5.35. The SMILES string of the molecule is C=CCC(CC=C)CCCNCC(=O)O. The number of carbonyl (C=O) groups is 1. The minimum Gasteiger partial charge on any atom is -0.480 e. The first-order chi connectivity index (χ1) is 7.20. The Morgan fingerprint density at radius 1 is 1.33 bits per heavy atom. The van der Waals surface area contributed by atoms with Crippen LogP contribution in [0.3, 0.4) is 0 Å². The Hall–Kier alpha value is -1.09. The Morgan fingerprint density at radius 3 is 2.40 bits per heavy atom. The maximum atomic E-state index is 10.2. The number of carboxylic acids is 1. The molecule has 0 saturated heterocycles. The van der Waals surface area contributed by atoms with Crippen molar-refractivity contribution in [1.29, 1.82) is 0 Å². The molecule has 15 heavy (non-hydrogen) atoms. The van der Waals surface area contributed by atoms with Crippen molar-refractivity contribution in [3.8, 4) is 0 Å². The Balaban J connectivity index is 3.47. The number of allylic oxidation sites excluding steroid dienone is 2. The smallest absolute Gasteiger partial charge is 0.317 e. The summed E-state index contributed by atoms with van der Waals surface area (Å²) in [6.45, 7) is 8.26. The first-order valence-electron chi connectivity index (χ1n) is 5.35. The normalized spacial score (nSPS) is 10.2. The molecular weight excluding hydrogens is 190 g/mol. The molecule has 0 rings (SSSR count). The number of nitrogens with one attached hydrogen (secondary N) is 1. The van der Waals surface area contributed by atoms with Gasteiger partial charge in [-0.1, -0.05) is 12.2 Å². The third-order valence-electron chi connectivity index (χ3n) is 2.24. The molecule has 0 amide bonds. The number of hydrogen-bond donors (Lipinski definition) is 2. The van der Waals surface area contributed by atoms with E-state index in [1.54, 1.807) is 0 Å². The highest BCUT2D eigenvalue weighted by atomic mass is 16.4. The molecule has 0 fully saturated rings. The molecule has 0 aromatic heterocycles. The van der Waals surface area contributed by atoms with Gasteiger partial charge in [0, 0.05) is 0 Å². The molecule has 0 aliphatic heterocycles. The van der Waals surface area contributed by atoms with Crippen LogP contribution in [0.4, 0.5) is 0 Å². The predicted octanol–water partition coefficient (Wildman–Crippen LogP) is 2.21. The summed E-state index contributed by atoms with van der Waals surface area (Å²) in [5.41, 5.74) is 0. The largest absolute Gasteiger partial charge is 0.480 e. The fourth-order valence-electron chi connectivity index (χ4n) is 1.51. The van der Waals surface area contributed by atoms with Crippen molar-refractivity contribution in [2.75, 3.05) is 13.1 Å². The first kappa shape index (κ1) is 13.9. The summed E-state index contributed by atoms with van der Waals surface area (Å²) in [6.07, 6.45) is 7.96. The van der Waals surface area contributed by atoms with Crippen molar-refractivity contribution < 1.29 is 9.90 Å². The van der Waals surface area contributed by atoms with Crippen LogP contribution < -0.4 is 5.32 Å². The van der Waals surface area contributed by atoms with E-state index in [1.807, 2.05) is 12.2 Å². The van der Waals surface area contributed by atoms with E-state index in [-0.39, 0.29) is 6.54 Å². The number of rotatable bonds is 10. The Bertz CT molecular complexity index is 192. The van der Waals surface area contributed by atoms with E-state index < -0.39 is 5.97 Å². The predicted molar refractivity (Wildman–Crippen MR) is 62.9 cm³/mol. The second kappa shape index (κ2) is 9.46. The van der Waals surface area contributed by atoms with Crippen molar-refractivity contribution in [3.05, 3.63) is 25.3 Å². The van der Waals surface area contributed by atoms with Crippen LogP contribution in [0, 0.1) is 5.92 Å². The third kappa shape index (κ3) is 9.22. The summed E-state index contributed by atoms with van der Waals surface area (Å²) in [6, 6.07) is 0. The standard InChI is InChI=1S/C12H21NO2/c1-3-6-11(7-4-2)8-5-9-13-10-12(14)15/h3-4,11,13H,1-2,5-10H2,(H,14,15). The van der Waals surface area contributed by atoms with Crippen LogP contribution in [0.25, 0.3) is 0 Å². The van der Waals surface area contributed by atoms with Crippen molar-refractivity contribution in [1.82, 2.24) is 5.32 Å². The average molecular weight is 211 g/mol. The maximum Gasteiger partial charge on any atom is 0.317 e. The van der Waals surface area contributed by atoms with Crippen LogP contribution >= 0.6 is 0 Å². The Kier molecular flexibility index (Phi) is 8.78. The fraction of sp³-hybridized carbons (Fsp3) is 0.583. The van der Waals surface area contributed by atoms with E-state index in [2.05, 4.69) is 18.5 Å². The van der Waals surface area contributed by atoms with Gasteiger partial charge in [-0.05, 0) is 38.1 Å². The summed E-state index contributed by atoms with van der Waals surface area (Å²) in [5, 5.41) is 11.3. The molecule has 0 aromatic carbocycles. The lowest BCUT2D eigenvalue weighted by molar-refractivity contribution is -0.135. The van der Waals surface area contributed by atoms with Gasteiger partial charge < -0.3 is 10.4 Å². The summed E-state index contributed by atoms with van der Waals surface area (Å²) < 4.78 is 0. The van der Waals surface area contributed by atoms with E-state index in [0.29, 0.717) is 5.92 Å². The molecular formula is C12H21NO2. The van der Waals surface area contributed by atoms with E-state index in [0.717, 1.165) is 32.2 Å². The quantitative estimate of drug-likeness (QED) is 0.430. The molecule has 0 bridgehead atoms. The van der Waals surface area contributed by atoms with Gasteiger partial charge in [-0.25, -0.2) is 0 Å². The average Bonchev–Trinajstić information content (AvgIpc) is 2.17. The molecule has 0 saturated carbocycles. The van der Waals surface area contributed by atoms with Crippen molar-refractivity contribution in [2.24, 2.45) is 5.92 Å². The van der Waals surface area contributed by atoms with Crippen molar-refractivity contribution in [2.45, 2.75) is 25.7 Å². The van der Waals surface area contributed by atoms with Crippen LogP contribution in [-0.4, -0.2) is 24.2 Å².